The van der Waals surface area contributed by atoms with Crippen molar-refractivity contribution in [2.75, 3.05) is 0 Å². The molecule has 3 aromatic rings. The molecule has 0 amide bonds. The van der Waals surface area contributed by atoms with Gasteiger partial charge in [-0.3, -0.25) is 4.79 Å². The van der Waals surface area contributed by atoms with Crippen LogP contribution in [0.1, 0.15) is 58.7 Å². The molecular weight excluding hydrogens is 320 g/mol. The fourth-order valence-corrected chi connectivity index (χ4v) is 3.73. The predicted octanol–water partition coefficient (Wildman–Crippen LogP) is 5.49. The number of nitrogens with one attached hydrogen (secondary N) is 1. The molecule has 3 rings (SSSR count). The number of hydrogen-bond donors (Lipinski definition) is 1. The third kappa shape index (κ3) is 3.31. The Hall–Kier alpha value is -1.88. The van der Waals surface area contributed by atoms with E-state index in [0.717, 1.165) is 23.3 Å². The van der Waals surface area contributed by atoms with Gasteiger partial charge < -0.3 is 9.40 Å². The Kier molecular flexibility index (Phi) is 4.90. The SMILES string of the molecule is CCCCCCC(C)(C)c1nc2occ(-c3cccs3)c2c(=O)[nH]1. The molecule has 0 aliphatic rings. The highest BCUT2D eigenvalue weighted by atomic mass is 32.1. The molecule has 0 spiro atoms. The molecule has 0 saturated heterocycles. The Morgan fingerprint density at radius 2 is 2.12 bits per heavy atom. The number of unbranched alkanes of at least 4 members (excludes halogenated alkanes) is 3. The van der Waals surface area contributed by atoms with Crippen molar-refractivity contribution in [2.24, 2.45) is 0 Å². The van der Waals surface area contributed by atoms with Crippen LogP contribution >= 0.6 is 11.3 Å². The van der Waals surface area contributed by atoms with E-state index in [4.69, 9.17) is 4.42 Å². The van der Waals surface area contributed by atoms with E-state index in [1.54, 1.807) is 17.6 Å². The predicted molar refractivity (Wildman–Crippen MR) is 99.7 cm³/mol. The zero-order valence-corrected chi connectivity index (χ0v) is 15.3. The number of aromatic amines is 1. The van der Waals surface area contributed by atoms with Crippen molar-refractivity contribution in [1.82, 2.24) is 9.97 Å². The summed E-state index contributed by atoms with van der Waals surface area (Å²) in [5.41, 5.74) is 0.963. The second kappa shape index (κ2) is 6.93. The Balaban J connectivity index is 1.93. The molecule has 3 heterocycles. The van der Waals surface area contributed by atoms with Crippen LogP contribution in [0, 0.1) is 0 Å². The molecular formula is C19H24N2O2S. The summed E-state index contributed by atoms with van der Waals surface area (Å²) in [4.78, 5) is 21.3. The van der Waals surface area contributed by atoms with E-state index < -0.39 is 0 Å². The van der Waals surface area contributed by atoms with E-state index in [1.807, 2.05) is 17.5 Å². The number of rotatable bonds is 7. The number of aromatic nitrogens is 2. The van der Waals surface area contributed by atoms with Crippen LogP contribution in [-0.2, 0) is 5.41 Å². The second-order valence-electron chi connectivity index (χ2n) is 6.92. The summed E-state index contributed by atoms with van der Waals surface area (Å²) in [5.74, 6) is 0.712. The van der Waals surface area contributed by atoms with Crippen LogP contribution in [0.5, 0.6) is 0 Å². The van der Waals surface area contributed by atoms with Crippen molar-refractivity contribution in [1.29, 1.82) is 0 Å². The third-order valence-corrected chi connectivity index (χ3v) is 5.43. The minimum atomic E-state index is -0.170. The van der Waals surface area contributed by atoms with Gasteiger partial charge in [-0.25, -0.2) is 0 Å². The number of thiophene rings is 1. The van der Waals surface area contributed by atoms with Gasteiger partial charge in [-0.05, 0) is 17.9 Å². The summed E-state index contributed by atoms with van der Waals surface area (Å²) in [6.07, 6.45) is 7.47. The summed E-state index contributed by atoms with van der Waals surface area (Å²) in [6.45, 7) is 6.47. The molecule has 0 atom stereocenters. The largest absolute Gasteiger partial charge is 0.445 e. The number of H-pyrrole nitrogens is 1. The first-order valence-corrected chi connectivity index (χ1v) is 9.47. The second-order valence-corrected chi connectivity index (χ2v) is 7.86. The van der Waals surface area contributed by atoms with E-state index in [-0.39, 0.29) is 11.0 Å². The quantitative estimate of drug-likeness (QED) is 0.576. The monoisotopic (exact) mass is 344 g/mol. The third-order valence-electron chi connectivity index (χ3n) is 4.53. The average molecular weight is 344 g/mol. The van der Waals surface area contributed by atoms with Crippen LogP contribution in [0.2, 0.25) is 0 Å². The highest BCUT2D eigenvalue weighted by Gasteiger charge is 2.25. The molecule has 4 nitrogen and oxygen atoms in total. The summed E-state index contributed by atoms with van der Waals surface area (Å²) < 4.78 is 5.61. The maximum atomic E-state index is 12.6. The minimum Gasteiger partial charge on any atom is -0.445 e. The lowest BCUT2D eigenvalue weighted by Gasteiger charge is -2.23. The molecule has 5 heteroatoms. The summed E-state index contributed by atoms with van der Waals surface area (Å²) in [5, 5.41) is 2.53. The van der Waals surface area contributed by atoms with Crippen molar-refractivity contribution in [3.63, 3.8) is 0 Å². The van der Waals surface area contributed by atoms with Gasteiger partial charge in [0, 0.05) is 15.9 Å². The van der Waals surface area contributed by atoms with E-state index in [1.165, 1.54) is 19.3 Å². The van der Waals surface area contributed by atoms with Crippen LogP contribution in [0.3, 0.4) is 0 Å². The molecule has 0 saturated carbocycles. The van der Waals surface area contributed by atoms with Crippen molar-refractivity contribution >= 4 is 22.4 Å². The van der Waals surface area contributed by atoms with Gasteiger partial charge in [-0.2, -0.15) is 4.98 Å². The first kappa shape index (κ1) is 17.0. The number of hydrogen-bond acceptors (Lipinski definition) is 4. The zero-order valence-electron chi connectivity index (χ0n) is 14.5. The molecule has 0 bridgehead atoms. The van der Waals surface area contributed by atoms with E-state index in [9.17, 15) is 4.79 Å². The van der Waals surface area contributed by atoms with Gasteiger partial charge in [0.2, 0.25) is 5.71 Å². The molecule has 0 unspecified atom stereocenters. The molecule has 128 valence electrons. The number of furan rings is 1. The highest BCUT2D eigenvalue weighted by molar-refractivity contribution is 7.13. The van der Waals surface area contributed by atoms with Crippen LogP contribution in [-0.4, -0.2) is 9.97 Å². The van der Waals surface area contributed by atoms with Crippen molar-refractivity contribution in [3.8, 4) is 10.4 Å². The van der Waals surface area contributed by atoms with Gasteiger partial charge in [0.15, 0.2) is 0 Å². The number of fused-ring (bicyclic) bond motifs is 1. The van der Waals surface area contributed by atoms with Crippen LogP contribution < -0.4 is 5.56 Å². The molecule has 0 radical (unpaired) electrons. The Labute approximate surface area is 145 Å². The molecule has 3 aromatic heterocycles. The maximum absolute atomic E-state index is 12.6. The Bertz CT molecular complexity index is 859. The first-order chi connectivity index (χ1) is 11.5. The molecule has 0 aromatic carbocycles. The van der Waals surface area contributed by atoms with Crippen molar-refractivity contribution in [3.05, 3.63) is 40.0 Å². The minimum absolute atomic E-state index is 0.117. The van der Waals surface area contributed by atoms with E-state index >= 15 is 0 Å². The lowest BCUT2D eigenvalue weighted by atomic mass is 9.86. The summed E-state index contributed by atoms with van der Waals surface area (Å²) in [7, 11) is 0. The van der Waals surface area contributed by atoms with E-state index in [0.29, 0.717) is 16.9 Å². The van der Waals surface area contributed by atoms with Gasteiger partial charge in [-0.15, -0.1) is 11.3 Å². The first-order valence-electron chi connectivity index (χ1n) is 8.59. The zero-order chi connectivity index (χ0) is 17.2. The van der Waals surface area contributed by atoms with E-state index in [2.05, 4.69) is 30.7 Å². The van der Waals surface area contributed by atoms with Crippen molar-refractivity contribution in [2.45, 2.75) is 58.3 Å². The molecule has 0 fully saturated rings. The fourth-order valence-electron chi connectivity index (χ4n) is 2.99. The normalized spacial score (nSPS) is 12.1. The van der Waals surface area contributed by atoms with Crippen molar-refractivity contribution < 1.29 is 4.42 Å². The molecule has 0 aliphatic heterocycles. The number of nitrogens with zero attached hydrogens (tertiary/aromatic N) is 1. The van der Waals surface area contributed by atoms with Gasteiger partial charge in [0.1, 0.15) is 17.5 Å². The molecule has 24 heavy (non-hydrogen) atoms. The summed E-state index contributed by atoms with van der Waals surface area (Å²) in [6, 6.07) is 3.95. The Morgan fingerprint density at radius 1 is 1.29 bits per heavy atom. The lowest BCUT2D eigenvalue weighted by molar-refractivity contribution is 0.420. The topological polar surface area (TPSA) is 58.9 Å². The highest BCUT2D eigenvalue weighted by Crippen LogP contribution is 2.32. The van der Waals surface area contributed by atoms with Gasteiger partial charge in [-0.1, -0.05) is 52.5 Å². The molecule has 1 N–H and O–H groups in total. The van der Waals surface area contributed by atoms with Crippen LogP contribution in [0.15, 0.2) is 33.0 Å². The maximum Gasteiger partial charge on any atom is 0.262 e. The molecule has 0 aliphatic carbocycles. The van der Waals surface area contributed by atoms with Gasteiger partial charge >= 0.3 is 0 Å². The standard InChI is InChI=1S/C19H24N2O2S/c1-4-5-6-7-10-19(2,3)18-20-16(22)15-13(12-23-17(15)21-18)14-9-8-11-24-14/h8-9,11-12H,4-7,10H2,1-3H3,(H,20,21,22). The lowest BCUT2D eigenvalue weighted by Crippen LogP contribution is -2.25. The van der Waals surface area contributed by atoms with Crippen LogP contribution in [0.25, 0.3) is 21.5 Å². The Morgan fingerprint density at radius 3 is 2.83 bits per heavy atom. The average Bonchev–Trinajstić information content (AvgIpc) is 3.20. The summed E-state index contributed by atoms with van der Waals surface area (Å²) >= 11 is 1.59. The fraction of sp³-hybridized carbons (Fsp3) is 0.474. The van der Waals surface area contributed by atoms with Gasteiger partial charge in [0.25, 0.3) is 5.56 Å². The smallest absolute Gasteiger partial charge is 0.262 e. The van der Waals surface area contributed by atoms with Gasteiger partial charge in [0.05, 0.1) is 0 Å². The van der Waals surface area contributed by atoms with Crippen LogP contribution in [0.4, 0.5) is 0 Å².